The largest absolute Gasteiger partial charge is 0.320 e. The van der Waals surface area contributed by atoms with E-state index in [0.717, 1.165) is 36.8 Å². The zero-order valence-corrected chi connectivity index (χ0v) is 26.6. The van der Waals surface area contributed by atoms with E-state index in [-0.39, 0.29) is 17.9 Å². The predicted molar refractivity (Wildman–Crippen MR) is 180 cm³/mol. The van der Waals surface area contributed by atoms with Crippen molar-refractivity contribution in [2.75, 3.05) is 11.4 Å². The highest BCUT2D eigenvalue weighted by Crippen LogP contribution is 2.31. The summed E-state index contributed by atoms with van der Waals surface area (Å²) in [7, 11) is 0. The van der Waals surface area contributed by atoms with E-state index >= 15 is 4.39 Å². The van der Waals surface area contributed by atoms with E-state index in [9.17, 15) is 9.59 Å². The first-order chi connectivity index (χ1) is 22.5. The van der Waals surface area contributed by atoms with Gasteiger partial charge < -0.3 is 9.47 Å². The fourth-order valence-corrected chi connectivity index (χ4v) is 6.35. The Bertz CT molecular complexity index is 2020. The molecule has 6 rings (SSSR count). The van der Waals surface area contributed by atoms with E-state index < -0.39 is 5.82 Å². The number of carbonyl (C=O) groups excluding carboxylic acids is 1. The maximum atomic E-state index is 15.8. The molecule has 3 aromatic carbocycles. The second-order valence-electron chi connectivity index (χ2n) is 11.1. The van der Waals surface area contributed by atoms with Gasteiger partial charge in [-0.25, -0.2) is 9.37 Å². The monoisotopic (exact) mass is 635 g/mol. The molecule has 9 nitrogen and oxygen atoms in total. The molecule has 0 fully saturated rings. The Labute approximate surface area is 269 Å². The second-order valence-corrected chi connectivity index (χ2v) is 12.0. The summed E-state index contributed by atoms with van der Waals surface area (Å²) in [6.45, 7) is 4.82. The van der Waals surface area contributed by atoms with Crippen LogP contribution in [0.4, 0.5) is 10.1 Å². The summed E-state index contributed by atoms with van der Waals surface area (Å²) < 4.78 is 17.6. The molecule has 0 atom stereocenters. The first kappa shape index (κ1) is 31.0. The van der Waals surface area contributed by atoms with Gasteiger partial charge in [0.1, 0.15) is 17.2 Å². The number of nitrogens with zero attached hydrogens (tertiary/aromatic N) is 6. The third-order valence-corrected chi connectivity index (χ3v) is 8.81. The van der Waals surface area contributed by atoms with Gasteiger partial charge in [-0.2, -0.15) is 5.21 Å². The Morgan fingerprint density at radius 1 is 0.978 bits per heavy atom. The smallest absolute Gasteiger partial charge is 0.268 e. The van der Waals surface area contributed by atoms with Crippen LogP contribution >= 0.6 is 11.3 Å². The quantitative estimate of drug-likeness (QED) is 0.142. The van der Waals surface area contributed by atoms with Crippen molar-refractivity contribution in [3.05, 3.63) is 110 Å². The summed E-state index contributed by atoms with van der Waals surface area (Å²) in [5.74, 6) is 0.612. The number of aromatic nitrogens is 6. The number of imidazole rings is 1. The number of H-pyrrole nitrogens is 1. The van der Waals surface area contributed by atoms with Crippen LogP contribution in [-0.2, 0) is 13.0 Å². The standard InChI is InChI=1S/C35H34FN7O2S/c1-3-5-8-18-42(35(45)31-13-9-19-46-31)25-16-17-30(44)33-29(21-25)37-32(10-4-2)43(33)22-24-15-14-23(20-28(24)36)26-11-6-7-12-27(26)34-38-40-41-39-34/h6-7,9,11-17,19-21H,3-5,8,10,18,22H2,1-2H3,(H,38,39,40,41). The number of thiophene rings is 1. The fraction of sp³-hybridized carbons (Fsp3) is 0.257. The van der Waals surface area contributed by atoms with Gasteiger partial charge in [0.15, 0.2) is 0 Å². The minimum atomic E-state index is -0.401. The lowest BCUT2D eigenvalue weighted by Crippen LogP contribution is -2.31. The minimum absolute atomic E-state index is 0.103. The number of hydrogen-bond donors (Lipinski definition) is 1. The number of aryl methyl sites for hydroxylation is 1. The van der Waals surface area contributed by atoms with Crippen molar-refractivity contribution in [2.24, 2.45) is 0 Å². The summed E-state index contributed by atoms with van der Waals surface area (Å²) in [6, 6.07) is 21.3. The molecule has 1 amide bonds. The highest BCUT2D eigenvalue weighted by molar-refractivity contribution is 7.12. The molecule has 11 heteroatoms. The van der Waals surface area contributed by atoms with Crippen LogP contribution in [0.15, 0.2) is 83.0 Å². The number of halogens is 1. The van der Waals surface area contributed by atoms with Crippen molar-refractivity contribution in [3.63, 3.8) is 0 Å². The topological polar surface area (TPSA) is 110 Å². The number of unbranched alkanes of at least 4 members (excludes halogenated alkanes) is 2. The van der Waals surface area contributed by atoms with Crippen LogP contribution in [0.1, 0.15) is 60.6 Å². The lowest BCUT2D eigenvalue weighted by molar-refractivity contribution is 0.0990. The van der Waals surface area contributed by atoms with Gasteiger partial charge >= 0.3 is 0 Å². The van der Waals surface area contributed by atoms with Crippen LogP contribution in [-0.4, -0.2) is 42.6 Å². The Morgan fingerprint density at radius 2 is 1.83 bits per heavy atom. The normalized spacial score (nSPS) is 11.3. The van der Waals surface area contributed by atoms with Gasteiger partial charge in [-0.1, -0.05) is 69.2 Å². The number of benzene rings is 2. The van der Waals surface area contributed by atoms with Crippen LogP contribution in [0.3, 0.4) is 0 Å². The van der Waals surface area contributed by atoms with Crippen molar-refractivity contribution < 1.29 is 9.18 Å². The Kier molecular flexibility index (Phi) is 9.39. The number of hydrogen-bond acceptors (Lipinski definition) is 7. The first-order valence-corrected chi connectivity index (χ1v) is 16.4. The molecule has 0 aliphatic heterocycles. The van der Waals surface area contributed by atoms with Crippen molar-refractivity contribution in [3.8, 4) is 22.5 Å². The summed E-state index contributed by atoms with van der Waals surface area (Å²) in [4.78, 5) is 34.5. The van der Waals surface area contributed by atoms with Crippen LogP contribution in [0, 0.1) is 5.82 Å². The summed E-state index contributed by atoms with van der Waals surface area (Å²) >= 11 is 1.39. The first-order valence-electron chi connectivity index (χ1n) is 15.5. The summed E-state index contributed by atoms with van der Waals surface area (Å²) in [6.07, 6.45) is 4.25. The molecule has 0 aliphatic carbocycles. The van der Waals surface area contributed by atoms with E-state index in [2.05, 4.69) is 27.5 Å². The number of rotatable bonds is 12. The maximum absolute atomic E-state index is 15.8. The van der Waals surface area contributed by atoms with Gasteiger partial charge in [0.05, 0.1) is 16.9 Å². The average Bonchev–Trinajstić information content (AvgIpc) is 3.84. The van der Waals surface area contributed by atoms with E-state index in [1.165, 1.54) is 23.5 Å². The highest BCUT2D eigenvalue weighted by atomic mass is 32.1. The van der Waals surface area contributed by atoms with Gasteiger partial charge in [0, 0.05) is 29.8 Å². The summed E-state index contributed by atoms with van der Waals surface area (Å²) in [5, 5.41) is 16.2. The number of carbonyl (C=O) groups is 1. The molecule has 0 saturated carbocycles. The molecule has 0 spiro atoms. The molecule has 6 aromatic rings. The van der Waals surface area contributed by atoms with Crippen LogP contribution in [0.2, 0.25) is 0 Å². The zero-order chi connectivity index (χ0) is 32.0. The van der Waals surface area contributed by atoms with Gasteiger partial charge in [-0.3, -0.25) is 9.59 Å². The SMILES string of the molecule is CCCCCN(C(=O)c1cccs1)c1ccc(=O)c2c(c1)nc(CCC)n2Cc1ccc(-c2ccccc2-c2nn[nH]n2)cc1F. The van der Waals surface area contributed by atoms with E-state index in [4.69, 9.17) is 4.98 Å². The highest BCUT2D eigenvalue weighted by Gasteiger charge is 2.21. The number of fused-ring (bicyclic) bond motifs is 1. The Morgan fingerprint density at radius 3 is 2.54 bits per heavy atom. The minimum Gasteiger partial charge on any atom is -0.320 e. The number of nitrogens with one attached hydrogen (secondary N) is 1. The average molecular weight is 636 g/mol. The molecule has 0 saturated heterocycles. The van der Waals surface area contributed by atoms with E-state index in [1.54, 1.807) is 17.0 Å². The molecule has 0 radical (unpaired) electrons. The van der Waals surface area contributed by atoms with Crippen LogP contribution in [0.5, 0.6) is 0 Å². The molecule has 1 N–H and O–H groups in total. The zero-order valence-electron chi connectivity index (χ0n) is 25.7. The third-order valence-electron chi connectivity index (χ3n) is 7.95. The molecule has 0 aliphatic rings. The third kappa shape index (κ3) is 6.36. The second kappa shape index (κ2) is 13.9. The summed E-state index contributed by atoms with van der Waals surface area (Å²) in [5.41, 5.74) is 3.86. The van der Waals surface area contributed by atoms with E-state index in [0.29, 0.717) is 57.3 Å². The van der Waals surface area contributed by atoms with E-state index in [1.807, 2.05) is 65.4 Å². The fourth-order valence-electron chi connectivity index (χ4n) is 5.68. The lowest BCUT2D eigenvalue weighted by Gasteiger charge is -2.21. The van der Waals surface area contributed by atoms with Crippen LogP contribution in [0.25, 0.3) is 33.5 Å². The molecule has 3 heterocycles. The van der Waals surface area contributed by atoms with Crippen molar-refractivity contribution in [1.82, 2.24) is 30.2 Å². The number of anilines is 1. The molecule has 234 valence electrons. The van der Waals surface area contributed by atoms with Gasteiger partial charge in [0.2, 0.25) is 11.3 Å². The Hall–Kier alpha value is -5.03. The van der Waals surface area contributed by atoms with Gasteiger partial charge in [-0.05, 0) is 64.9 Å². The van der Waals surface area contributed by atoms with Crippen LogP contribution < -0.4 is 10.3 Å². The predicted octanol–water partition coefficient (Wildman–Crippen LogP) is 7.28. The molecule has 3 aromatic heterocycles. The van der Waals surface area contributed by atoms with Crippen molar-refractivity contribution >= 4 is 34.0 Å². The van der Waals surface area contributed by atoms with Crippen molar-refractivity contribution in [2.45, 2.75) is 52.5 Å². The molecule has 0 unspecified atom stereocenters. The lowest BCUT2D eigenvalue weighted by atomic mass is 9.98. The number of amides is 1. The molecule has 46 heavy (non-hydrogen) atoms. The molecular formula is C35H34FN7O2S. The Balaban J connectivity index is 1.39. The number of aromatic amines is 1. The molecule has 0 bridgehead atoms. The molecular weight excluding hydrogens is 601 g/mol. The number of tetrazole rings is 1. The maximum Gasteiger partial charge on any atom is 0.268 e. The van der Waals surface area contributed by atoms with Crippen molar-refractivity contribution in [1.29, 1.82) is 0 Å². The van der Waals surface area contributed by atoms with Gasteiger partial charge in [0.25, 0.3) is 5.91 Å². The van der Waals surface area contributed by atoms with Gasteiger partial charge in [-0.15, -0.1) is 21.5 Å².